The van der Waals surface area contributed by atoms with Crippen molar-refractivity contribution in [2.24, 2.45) is 0 Å². The number of hydrogen-bond acceptors (Lipinski definition) is 4. The van der Waals surface area contributed by atoms with Crippen LogP contribution in [-0.2, 0) is 0 Å². The molecule has 2 amide bonds. The number of carbonyl (C=O) groups is 2. The van der Waals surface area contributed by atoms with E-state index in [0.29, 0.717) is 11.3 Å². The van der Waals surface area contributed by atoms with E-state index in [1.165, 1.54) is 30.2 Å². The van der Waals surface area contributed by atoms with Crippen LogP contribution in [-0.4, -0.2) is 44.5 Å². The molecule has 0 unspecified atom stereocenters. The Bertz CT molecular complexity index is 792. The maximum absolute atomic E-state index is 12.3. The maximum atomic E-state index is 12.3. The highest BCUT2D eigenvalue weighted by molar-refractivity contribution is 6.05. The lowest BCUT2D eigenvalue weighted by molar-refractivity contribution is -0.0512. The minimum Gasteiger partial charge on any atom is -0.493 e. The van der Waals surface area contributed by atoms with Gasteiger partial charge in [-0.3, -0.25) is 9.59 Å². The van der Waals surface area contributed by atoms with Crippen molar-refractivity contribution in [3.8, 4) is 11.5 Å². The first kappa shape index (κ1) is 19.2. The van der Waals surface area contributed by atoms with E-state index in [1.807, 2.05) is 0 Å². The number of anilines is 1. The first-order valence-electron chi connectivity index (χ1n) is 7.57. The van der Waals surface area contributed by atoms with Crippen LogP contribution in [0.25, 0.3) is 0 Å². The van der Waals surface area contributed by atoms with E-state index < -0.39 is 12.5 Å². The Balaban J connectivity index is 2.13. The summed E-state index contributed by atoms with van der Waals surface area (Å²) in [5.74, 6) is -0.753. The Morgan fingerprint density at radius 2 is 1.62 bits per heavy atom. The van der Waals surface area contributed by atoms with Crippen LogP contribution < -0.4 is 14.8 Å². The normalized spacial score (nSPS) is 10.4. The molecular weight excluding hydrogens is 346 g/mol. The summed E-state index contributed by atoms with van der Waals surface area (Å²) in [6, 6.07) is 10.3. The van der Waals surface area contributed by atoms with Crippen LogP contribution in [0.4, 0.5) is 14.5 Å². The SMILES string of the molecule is COc1cc(C(=O)Nc2ccc(C(=O)N(C)C)cc2)ccc1OC(F)F. The zero-order valence-electron chi connectivity index (χ0n) is 14.5. The lowest BCUT2D eigenvalue weighted by Gasteiger charge is -2.12. The molecule has 0 aliphatic rings. The molecule has 8 heteroatoms. The van der Waals surface area contributed by atoms with Crippen LogP contribution in [0.3, 0.4) is 0 Å². The molecule has 0 saturated heterocycles. The molecule has 0 fully saturated rings. The molecule has 0 aromatic heterocycles. The molecule has 2 rings (SSSR count). The summed E-state index contributed by atoms with van der Waals surface area (Å²) in [4.78, 5) is 25.6. The number of hydrogen-bond donors (Lipinski definition) is 1. The molecule has 0 atom stereocenters. The van der Waals surface area contributed by atoms with Crippen molar-refractivity contribution < 1.29 is 27.8 Å². The van der Waals surface area contributed by atoms with Crippen molar-refractivity contribution in [2.45, 2.75) is 6.61 Å². The van der Waals surface area contributed by atoms with Gasteiger partial charge in [-0.15, -0.1) is 0 Å². The van der Waals surface area contributed by atoms with E-state index in [0.717, 1.165) is 0 Å². The van der Waals surface area contributed by atoms with Crippen LogP contribution in [0, 0.1) is 0 Å². The van der Waals surface area contributed by atoms with Gasteiger partial charge in [0.2, 0.25) is 0 Å². The van der Waals surface area contributed by atoms with Gasteiger partial charge in [-0.2, -0.15) is 8.78 Å². The number of alkyl halides is 2. The number of amides is 2. The topological polar surface area (TPSA) is 67.9 Å². The van der Waals surface area contributed by atoms with Gasteiger partial charge in [0.1, 0.15) is 0 Å². The highest BCUT2D eigenvalue weighted by atomic mass is 19.3. The Labute approximate surface area is 149 Å². The summed E-state index contributed by atoms with van der Waals surface area (Å²) in [7, 11) is 4.58. The zero-order chi connectivity index (χ0) is 19.3. The molecule has 0 bridgehead atoms. The Hall–Kier alpha value is -3.16. The van der Waals surface area contributed by atoms with Gasteiger partial charge in [-0.25, -0.2) is 0 Å². The second kappa shape index (κ2) is 8.28. The van der Waals surface area contributed by atoms with E-state index in [-0.39, 0.29) is 23.0 Å². The molecule has 0 radical (unpaired) electrons. The second-order valence-electron chi connectivity index (χ2n) is 5.48. The maximum Gasteiger partial charge on any atom is 0.387 e. The minimum absolute atomic E-state index is 0.0184. The second-order valence-corrected chi connectivity index (χ2v) is 5.48. The van der Waals surface area contributed by atoms with E-state index in [4.69, 9.17) is 4.74 Å². The van der Waals surface area contributed by atoms with Crippen molar-refractivity contribution in [2.75, 3.05) is 26.5 Å². The summed E-state index contributed by atoms with van der Waals surface area (Å²) < 4.78 is 34.0. The van der Waals surface area contributed by atoms with Gasteiger partial charge in [-0.05, 0) is 42.5 Å². The molecule has 6 nitrogen and oxygen atoms in total. The largest absolute Gasteiger partial charge is 0.493 e. The summed E-state index contributed by atoms with van der Waals surface area (Å²) in [5, 5.41) is 2.66. The van der Waals surface area contributed by atoms with Crippen molar-refractivity contribution in [1.29, 1.82) is 0 Å². The number of halogens is 2. The van der Waals surface area contributed by atoms with E-state index in [1.54, 1.807) is 38.4 Å². The zero-order valence-corrected chi connectivity index (χ0v) is 14.5. The number of carbonyl (C=O) groups excluding carboxylic acids is 2. The van der Waals surface area contributed by atoms with E-state index >= 15 is 0 Å². The fraction of sp³-hybridized carbons (Fsp3) is 0.222. The van der Waals surface area contributed by atoms with Crippen molar-refractivity contribution in [3.63, 3.8) is 0 Å². The Kier molecular flexibility index (Phi) is 6.11. The standard InChI is InChI=1S/C18H18F2N2O4/c1-22(2)17(24)11-4-7-13(8-5-11)21-16(23)12-6-9-14(26-18(19)20)15(10-12)25-3/h4-10,18H,1-3H3,(H,21,23). The lowest BCUT2D eigenvalue weighted by Crippen LogP contribution is -2.21. The quantitative estimate of drug-likeness (QED) is 0.854. The highest BCUT2D eigenvalue weighted by Gasteiger charge is 2.15. The number of rotatable bonds is 6. The van der Waals surface area contributed by atoms with Gasteiger partial charge in [-0.1, -0.05) is 0 Å². The fourth-order valence-electron chi connectivity index (χ4n) is 2.16. The molecule has 26 heavy (non-hydrogen) atoms. The Morgan fingerprint density at radius 3 is 2.15 bits per heavy atom. The average molecular weight is 364 g/mol. The number of nitrogens with zero attached hydrogens (tertiary/aromatic N) is 1. The summed E-state index contributed by atoms with van der Waals surface area (Å²) >= 11 is 0. The molecule has 0 saturated carbocycles. The minimum atomic E-state index is -2.99. The molecule has 0 aliphatic carbocycles. The molecule has 138 valence electrons. The van der Waals surface area contributed by atoms with Gasteiger partial charge in [0.15, 0.2) is 11.5 Å². The lowest BCUT2D eigenvalue weighted by atomic mass is 10.1. The molecule has 2 aromatic rings. The third-order valence-corrected chi connectivity index (χ3v) is 3.44. The van der Waals surface area contributed by atoms with Crippen molar-refractivity contribution in [1.82, 2.24) is 4.90 Å². The first-order valence-corrected chi connectivity index (χ1v) is 7.57. The first-order chi connectivity index (χ1) is 12.3. The van der Waals surface area contributed by atoms with Gasteiger partial charge >= 0.3 is 6.61 Å². The highest BCUT2D eigenvalue weighted by Crippen LogP contribution is 2.29. The van der Waals surface area contributed by atoms with E-state index in [9.17, 15) is 18.4 Å². The average Bonchev–Trinajstić information content (AvgIpc) is 2.61. The third-order valence-electron chi connectivity index (χ3n) is 3.44. The molecule has 0 heterocycles. The number of nitrogens with one attached hydrogen (secondary N) is 1. The molecule has 2 aromatic carbocycles. The van der Waals surface area contributed by atoms with Gasteiger partial charge in [0.05, 0.1) is 7.11 Å². The van der Waals surface area contributed by atoms with Crippen LogP contribution >= 0.6 is 0 Å². The van der Waals surface area contributed by atoms with Gasteiger partial charge in [0.25, 0.3) is 11.8 Å². The summed E-state index contributed by atoms with van der Waals surface area (Å²) in [6.45, 7) is -2.99. The molecule has 1 N–H and O–H groups in total. The predicted molar refractivity (Wildman–Crippen MR) is 92.0 cm³/mol. The molecule has 0 aliphatic heterocycles. The Morgan fingerprint density at radius 1 is 1.00 bits per heavy atom. The van der Waals surface area contributed by atoms with Crippen LogP contribution in [0.2, 0.25) is 0 Å². The van der Waals surface area contributed by atoms with E-state index in [2.05, 4.69) is 10.1 Å². The van der Waals surface area contributed by atoms with Crippen LogP contribution in [0.15, 0.2) is 42.5 Å². The van der Waals surface area contributed by atoms with Gasteiger partial charge < -0.3 is 19.7 Å². The number of benzene rings is 2. The third kappa shape index (κ3) is 4.69. The van der Waals surface area contributed by atoms with Crippen LogP contribution in [0.5, 0.6) is 11.5 Å². The predicted octanol–water partition coefficient (Wildman–Crippen LogP) is 3.25. The summed E-state index contributed by atoms with van der Waals surface area (Å²) in [5.41, 5.74) is 1.18. The number of ether oxygens (including phenoxy) is 2. The van der Waals surface area contributed by atoms with Crippen LogP contribution in [0.1, 0.15) is 20.7 Å². The number of methoxy groups -OCH3 is 1. The smallest absolute Gasteiger partial charge is 0.387 e. The van der Waals surface area contributed by atoms with Gasteiger partial charge in [0, 0.05) is 30.9 Å². The van der Waals surface area contributed by atoms with Crippen molar-refractivity contribution in [3.05, 3.63) is 53.6 Å². The molecule has 0 spiro atoms. The molecular formula is C18H18F2N2O4. The summed E-state index contributed by atoms with van der Waals surface area (Å²) in [6.07, 6.45) is 0. The van der Waals surface area contributed by atoms with Crippen molar-refractivity contribution >= 4 is 17.5 Å². The fourth-order valence-corrected chi connectivity index (χ4v) is 2.16. The monoisotopic (exact) mass is 364 g/mol.